The SMILES string of the molecule is CCN(C(=O)c1ccc2c(c1)CNC2)c1ccccc1. The summed E-state index contributed by atoms with van der Waals surface area (Å²) in [5, 5.41) is 3.30. The van der Waals surface area contributed by atoms with Gasteiger partial charge < -0.3 is 10.2 Å². The van der Waals surface area contributed by atoms with E-state index >= 15 is 0 Å². The highest BCUT2D eigenvalue weighted by Crippen LogP contribution is 2.21. The molecule has 0 saturated heterocycles. The number of rotatable bonds is 3. The zero-order chi connectivity index (χ0) is 13.9. The molecular weight excluding hydrogens is 248 g/mol. The van der Waals surface area contributed by atoms with E-state index in [9.17, 15) is 4.79 Å². The molecule has 2 aromatic carbocycles. The van der Waals surface area contributed by atoms with E-state index in [0.29, 0.717) is 6.54 Å². The molecule has 0 spiro atoms. The quantitative estimate of drug-likeness (QED) is 0.926. The van der Waals surface area contributed by atoms with Crippen LogP contribution >= 0.6 is 0 Å². The Labute approximate surface area is 119 Å². The summed E-state index contributed by atoms with van der Waals surface area (Å²) < 4.78 is 0. The summed E-state index contributed by atoms with van der Waals surface area (Å²) in [6.07, 6.45) is 0. The van der Waals surface area contributed by atoms with Gasteiger partial charge in [-0.3, -0.25) is 4.79 Å². The van der Waals surface area contributed by atoms with Gasteiger partial charge in [-0.05, 0) is 42.3 Å². The van der Waals surface area contributed by atoms with Crippen molar-refractivity contribution in [3.05, 3.63) is 65.2 Å². The van der Waals surface area contributed by atoms with Crippen LogP contribution in [0.5, 0.6) is 0 Å². The van der Waals surface area contributed by atoms with Crippen molar-refractivity contribution in [1.29, 1.82) is 0 Å². The first kappa shape index (κ1) is 12.9. The number of anilines is 1. The first-order chi connectivity index (χ1) is 9.79. The fourth-order valence-electron chi connectivity index (χ4n) is 2.64. The van der Waals surface area contributed by atoms with Crippen molar-refractivity contribution >= 4 is 11.6 Å². The molecule has 3 nitrogen and oxygen atoms in total. The molecule has 0 saturated carbocycles. The number of benzene rings is 2. The van der Waals surface area contributed by atoms with Gasteiger partial charge in [0.15, 0.2) is 0 Å². The molecule has 20 heavy (non-hydrogen) atoms. The molecule has 1 heterocycles. The van der Waals surface area contributed by atoms with E-state index in [1.165, 1.54) is 11.1 Å². The number of nitrogens with one attached hydrogen (secondary N) is 1. The minimum Gasteiger partial charge on any atom is -0.309 e. The number of carbonyl (C=O) groups excluding carboxylic acids is 1. The number of carbonyl (C=O) groups is 1. The van der Waals surface area contributed by atoms with Gasteiger partial charge in [-0.15, -0.1) is 0 Å². The van der Waals surface area contributed by atoms with Crippen molar-refractivity contribution in [2.24, 2.45) is 0 Å². The molecule has 102 valence electrons. The monoisotopic (exact) mass is 266 g/mol. The van der Waals surface area contributed by atoms with E-state index in [4.69, 9.17) is 0 Å². The third-order valence-electron chi connectivity index (χ3n) is 3.71. The van der Waals surface area contributed by atoms with E-state index in [2.05, 4.69) is 11.4 Å². The molecule has 0 aromatic heterocycles. The molecule has 1 amide bonds. The van der Waals surface area contributed by atoms with Gasteiger partial charge in [0.05, 0.1) is 0 Å². The number of hydrogen-bond donors (Lipinski definition) is 1. The second-order valence-electron chi connectivity index (χ2n) is 4.97. The standard InChI is InChI=1S/C17H18N2O/c1-2-19(16-6-4-3-5-7-16)17(20)13-8-9-14-11-18-12-15(14)10-13/h3-10,18H,2,11-12H2,1H3. The average Bonchev–Trinajstić information content (AvgIpc) is 2.96. The Bertz CT molecular complexity index is 622. The van der Waals surface area contributed by atoms with Crippen LogP contribution in [-0.4, -0.2) is 12.5 Å². The zero-order valence-electron chi connectivity index (χ0n) is 11.6. The van der Waals surface area contributed by atoms with Crippen LogP contribution in [0.15, 0.2) is 48.5 Å². The summed E-state index contributed by atoms with van der Waals surface area (Å²) >= 11 is 0. The van der Waals surface area contributed by atoms with Crippen LogP contribution in [0.2, 0.25) is 0 Å². The third kappa shape index (κ3) is 2.32. The van der Waals surface area contributed by atoms with Crippen molar-refractivity contribution in [2.45, 2.75) is 20.0 Å². The van der Waals surface area contributed by atoms with Gasteiger partial charge in [-0.2, -0.15) is 0 Å². The molecule has 3 heteroatoms. The summed E-state index contributed by atoms with van der Waals surface area (Å²) in [4.78, 5) is 14.5. The normalized spacial score (nSPS) is 13.1. The lowest BCUT2D eigenvalue weighted by atomic mass is 10.1. The molecule has 0 radical (unpaired) electrons. The first-order valence-corrected chi connectivity index (χ1v) is 6.99. The highest BCUT2D eigenvalue weighted by atomic mass is 16.2. The Morgan fingerprint density at radius 1 is 1.10 bits per heavy atom. The molecule has 2 aromatic rings. The lowest BCUT2D eigenvalue weighted by Crippen LogP contribution is -2.30. The van der Waals surface area contributed by atoms with E-state index < -0.39 is 0 Å². The molecule has 0 atom stereocenters. The fraction of sp³-hybridized carbons (Fsp3) is 0.235. The Balaban J connectivity index is 1.91. The Kier molecular flexibility index (Phi) is 3.52. The molecule has 3 rings (SSSR count). The molecular formula is C17H18N2O. The van der Waals surface area contributed by atoms with E-state index in [-0.39, 0.29) is 5.91 Å². The van der Waals surface area contributed by atoms with E-state index in [1.54, 1.807) is 0 Å². The van der Waals surface area contributed by atoms with Crippen molar-refractivity contribution in [3.63, 3.8) is 0 Å². The Morgan fingerprint density at radius 3 is 2.60 bits per heavy atom. The summed E-state index contributed by atoms with van der Waals surface area (Å²) in [7, 11) is 0. The van der Waals surface area contributed by atoms with Crippen LogP contribution < -0.4 is 10.2 Å². The molecule has 1 aliphatic rings. The van der Waals surface area contributed by atoms with Crippen molar-refractivity contribution in [1.82, 2.24) is 5.32 Å². The second kappa shape index (κ2) is 5.47. The molecule has 0 fully saturated rings. The van der Waals surface area contributed by atoms with Gasteiger partial charge in [0.25, 0.3) is 5.91 Å². The van der Waals surface area contributed by atoms with Crippen LogP contribution in [0.25, 0.3) is 0 Å². The summed E-state index contributed by atoms with van der Waals surface area (Å²) in [6.45, 7) is 4.42. The first-order valence-electron chi connectivity index (χ1n) is 6.99. The summed E-state index contributed by atoms with van der Waals surface area (Å²) in [5.41, 5.74) is 4.24. The van der Waals surface area contributed by atoms with Crippen LogP contribution in [-0.2, 0) is 13.1 Å². The average molecular weight is 266 g/mol. The molecule has 0 bridgehead atoms. The summed E-state index contributed by atoms with van der Waals surface area (Å²) in [6, 6.07) is 15.8. The Hall–Kier alpha value is -2.13. The smallest absolute Gasteiger partial charge is 0.258 e. The van der Waals surface area contributed by atoms with Crippen molar-refractivity contribution < 1.29 is 4.79 Å². The van der Waals surface area contributed by atoms with Gasteiger partial charge >= 0.3 is 0 Å². The van der Waals surface area contributed by atoms with Gasteiger partial charge in [0, 0.05) is 30.9 Å². The minimum absolute atomic E-state index is 0.0633. The number of hydrogen-bond acceptors (Lipinski definition) is 2. The maximum absolute atomic E-state index is 12.7. The molecule has 0 unspecified atom stereocenters. The van der Waals surface area contributed by atoms with Crippen LogP contribution in [0.3, 0.4) is 0 Å². The highest BCUT2D eigenvalue weighted by Gasteiger charge is 2.18. The van der Waals surface area contributed by atoms with Gasteiger partial charge in [0.1, 0.15) is 0 Å². The summed E-state index contributed by atoms with van der Waals surface area (Å²) in [5.74, 6) is 0.0633. The largest absolute Gasteiger partial charge is 0.309 e. The van der Waals surface area contributed by atoms with Crippen molar-refractivity contribution in [3.8, 4) is 0 Å². The zero-order valence-corrected chi connectivity index (χ0v) is 11.6. The lowest BCUT2D eigenvalue weighted by Gasteiger charge is -2.21. The van der Waals surface area contributed by atoms with Crippen LogP contribution in [0.1, 0.15) is 28.4 Å². The van der Waals surface area contributed by atoms with Gasteiger partial charge in [-0.1, -0.05) is 24.3 Å². The molecule has 1 aliphatic heterocycles. The highest BCUT2D eigenvalue weighted by molar-refractivity contribution is 6.06. The Morgan fingerprint density at radius 2 is 1.85 bits per heavy atom. The third-order valence-corrected chi connectivity index (χ3v) is 3.71. The number of nitrogens with zero attached hydrogens (tertiary/aromatic N) is 1. The van der Waals surface area contributed by atoms with E-state index in [0.717, 1.165) is 24.3 Å². The van der Waals surface area contributed by atoms with Gasteiger partial charge in [0.2, 0.25) is 0 Å². The van der Waals surface area contributed by atoms with Crippen LogP contribution in [0.4, 0.5) is 5.69 Å². The molecule has 1 N–H and O–H groups in total. The fourth-order valence-corrected chi connectivity index (χ4v) is 2.64. The van der Waals surface area contributed by atoms with E-state index in [1.807, 2.05) is 54.3 Å². The maximum Gasteiger partial charge on any atom is 0.258 e. The number of amides is 1. The predicted octanol–water partition coefficient (Wildman–Crippen LogP) is 2.96. The number of fused-ring (bicyclic) bond motifs is 1. The van der Waals surface area contributed by atoms with Crippen LogP contribution in [0, 0.1) is 0 Å². The second-order valence-corrected chi connectivity index (χ2v) is 4.97. The maximum atomic E-state index is 12.7. The number of para-hydroxylation sites is 1. The predicted molar refractivity (Wildman–Crippen MR) is 80.8 cm³/mol. The molecule has 0 aliphatic carbocycles. The topological polar surface area (TPSA) is 32.3 Å². The lowest BCUT2D eigenvalue weighted by molar-refractivity contribution is 0.0988. The van der Waals surface area contributed by atoms with Crippen molar-refractivity contribution in [2.75, 3.05) is 11.4 Å². The van der Waals surface area contributed by atoms with Gasteiger partial charge in [-0.25, -0.2) is 0 Å². The minimum atomic E-state index is 0.0633.